The fraction of sp³-hybridized carbons (Fsp3) is 0. The molecular weight excluding hydrogens is 282 g/mol. The number of hydrogen-bond donors (Lipinski definition) is 0. The van der Waals surface area contributed by atoms with Crippen molar-refractivity contribution in [3.63, 3.8) is 0 Å². The van der Waals surface area contributed by atoms with E-state index in [0.29, 0.717) is 16.7 Å². The molecule has 0 amide bonds. The maximum atomic E-state index is 12.0. The molecule has 5 heteroatoms. The Morgan fingerprint density at radius 2 is 1.68 bits per heavy atom. The topological polar surface area (TPSA) is 68.9 Å². The molecule has 1 aliphatic heterocycles. The maximum absolute atomic E-state index is 12.0. The Hall–Kier alpha value is -3.21. The third-order valence-electron chi connectivity index (χ3n) is 3.41. The standard InChI is InChI=1S/C17H9NO4/c19-16-8-7-15(22-16)18-10-5-6-12-11-3-1-2-4-13(11)17(20)21-14(12)9-10/h1-9H. The van der Waals surface area contributed by atoms with E-state index in [9.17, 15) is 9.59 Å². The minimum absolute atomic E-state index is 0.215. The second-order valence-electron chi connectivity index (χ2n) is 4.82. The summed E-state index contributed by atoms with van der Waals surface area (Å²) in [6.45, 7) is 0. The highest BCUT2D eigenvalue weighted by Crippen LogP contribution is 2.26. The molecule has 0 unspecified atom stereocenters. The van der Waals surface area contributed by atoms with Crippen LogP contribution >= 0.6 is 0 Å². The Bertz CT molecular complexity index is 1040. The number of carbonyl (C=O) groups is 1. The van der Waals surface area contributed by atoms with Crippen molar-refractivity contribution in [2.24, 2.45) is 4.99 Å². The first-order valence-corrected chi connectivity index (χ1v) is 6.65. The van der Waals surface area contributed by atoms with E-state index in [2.05, 4.69) is 4.99 Å². The first-order chi connectivity index (χ1) is 10.7. The zero-order valence-electron chi connectivity index (χ0n) is 11.3. The van der Waals surface area contributed by atoms with E-state index in [1.165, 1.54) is 12.2 Å². The first kappa shape index (κ1) is 12.5. The third-order valence-corrected chi connectivity index (χ3v) is 3.41. The summed E-state index contributed by atoms with van der Waals surface area (Å²) in [6.07, 6.45) is 2.79. The molecule has 0 saturated heterocycles. The minimum Gasteiger partial charge on any atom is -0.422 e. The largest absolute Gasteiger partial charge is 0.422 e. The summed E-state index contributed by atoms with van der Waals surface area (Å²) < 4.78 is 10.2. The van der Waals surface area contributed by atoms with Gasteiger partial charge in [0.15, 0.2) is 0 Å². The van der Waals surface area contributed by atoms with E-state index < -0.39 is 5.97 Å². The van der Waals surface area contributed by atoms with E-state index >= 15 is 0 Å². The van der Waals surface area contributed by atoms with Crippen LogP contribution in [0.3, 0.4) is 0 Å². The molecule has 106 valence electrons. The summed E-state index contributed by atoms with van der Waals surface area (Å²) in [5.41, 5.74) is 0.597. The Morgan fingerprint density at radius 3 is 2.45 bits per heavy atom. The van der Waals surface area contributed by atoms with E-state index in [-0.39, 0.29) is 11.5 Å². The van der Waals surface area contributed by atoms with Crippen molar-refractivity contribution in [2.75, 3.05) is 0 Å². The van der Waals surface area contributed by atoms with Crippen LogP contribution < -0.4 is 5.63 Å². The predicted molar refractivity (Wildman–Crippen MR) is 82.3 cm³/mol. The minimum atomic E-state index is -0.447. The Kier molecular flexibility index (Phi) is 2.66. The number of aliphatic imine (C=N–C) groups is 1. The smallest absolute Gasteiger partial charge is 0.344 e. The zero-order valence-corrected chi connectivity index (χ0v) is 11.3. The Labute approximate surface area is 124 Å². The van der Waals surface area contributed by atoms with Crippen molar-refractivity contribution in [1.82, 2.24) is 0 Å². The maximum Gasteiger partial charge on any atom is 0.344 e. The molecule has 2 aromatic carbocycles. The van der Waals surface area contributed by atoms with Gasteiger partial charge in [-0.3, -0.25) is 0 Å². The van der Waals surface area contributed by atoms with E-state index in [1.54, 1.807) is 24.3 Å². The van der Waals surface area contributed by atoms with Crippen molar-refractivity contribution in [3.05, 3.63) is 65.0 Å². The van der Waals surface area contributed by atoms with Crippen LogP contribution in [0.4, 0.5) is 5.69 Å². The molecule has 0 bridgehead atoms. The molecule has 0 fully saturated rings. The van der Waals surface area contributed by atoms with Gasteiger partial charge in [0.1, 0.15) is 5.58 Å². The van der Waals surface area contributed by atoms with Crippen LogP contribution in [0.1, 0.15) is 0 Å². The van der Waals surface area contributed by atoms with Crippen LogP contribution in [0, 0.1) is 0 Å². The Balaban J connectivity index is 1.92. The molecule has 0 atom stereocenters. The van der Waals surface area contributed by atoms with Gasteiger partial charge < -0.3 is 9.15 Å². The van der Waals surface area contributed by atoms with E-state index in [0.717, 1.165) is 10.8 Å². The average Bonchev–Trinajstić information content (AvgIpc) is 2.92. The lowest BCUT2D eigenvalue weighted by molar-refractivity contribution is -0.129. The zero-order chi connectivity index (χ0) is 15.1. The molecule has 22 heavy (non-hydrogen) atoms. The molecule has 0 spiro atoms. The second-order valence-corrected chi connectivity index (χ2v) is 4.82. The van der Waals surface area contributed by atoms with Gasteiger partial charge in [-0.2, -0.15) is 0 Å². The molecule has 1 aliphatic rings. The molecule has 1 aromatic heterocycles. The predicted octanol–water partition coefficient (Wildman–Crippen LogP) is 3.09. The summed E-state index contributed by atoms with van der Waals surface area (Å²) in [5, 5.41) is 2.21. The summed E-state index contributed by atoms with van der Waals surface area (Å²) in [5.74, 6) is -0.232. The molecule has 0 aliphatic carbocycles. The molecule has 2 heterocycles. The molecule has 5 nitrogen and oxygen atoms in total. The van der Waals surface area contributed by atoms with E-state index in [1.807, 2.05) is 18.2 Å². The van der Waals surface area contributed by atoms with Crippen molar-refractivity contribution in [3.8, 4) is 0 Å². The lowest BCUT2D eigenvalue weighted by atomic mass is 10.1. The number of nitrogens with zero attached hydrogens (tertiary/aromatic N) is 1. The van der Waals surface area contributed by atoms with E-state index in [4.69, 9.17) is 9.15 Å². The van der Waals surface area contributed by atoms with Gasteiger partial charge in [0, 0.05) is 23.6 Å². The number of benzene rings is 2. The lowest BCUT2D eigenvalue weighted by Gasteiger charge is -2.03. The quantitative estimate of drug-likeness (QED) is 0.392. The number of hydrogen-bond acceptors (Lipinski definition) is 5. The number of cyclic esters (lactones) is 1. The number of fused-ring (bicyclic) bond motifs is 3. The molecular formula is C17H9NO4. The highest BCUT2D eigenvalue weighted by Gasteiger charge is 2.12. The number of ether oxygens (including phenoxy) is 1. The van der Waals surface area contributed by atoms with Crippen molar-refractivity contribution in [1.29, 1.82) is 0 Å². The van der Waals surface area contributed by atoms with Gasteiger partial charge >= 0.3 is 11.6 Å². The second kappa shape index (κ2) is 4.66. The Morgan fingerprint density at radius 1 is 0.864 bits per heavy atom. The van der Waals surface area contributed by atoms with Crippen LogP contribution in [0.25, 0.3) is 21.7 Å². The van der Waals surface area contributed by atoms with Crippen LogP contribution in [-0.4, -0.2) is 11.9 Å². The van der Waals surface area contributed by atoms with Crippen LogP contribution in [0.5, 0.6) is 0 Å². The first-order valence-electron chi connectivity index (χ1n) is 6.65. The summed E-state index contributed by atoms with van der Waals surface area (Å²) >= 11 is 0. The molecule has 0 N–H and O–H groups in total. The van der Waals surface area contributed by atoms with Gasteiger partial charge in [-0.1, -0.05) is 18.2 Å². The normalized spacial score (nSPS) is 15.8. The van der Waals surface area contributed by atoms with Crippen molar-refractivity contribution >= 4 is 39.3 Å². The highest BCUT2D eigenvalue weighted by atomic mass is 16.5. The lowest BCUT2D eigenvalue weighted by Crippen LogP contribution is -1.99. The van der Waals surface area contributed by atoms with Gasteiger partial charge in [0.2, 0.25) is 5.90 Å². The number of rotatable bonds is 1. The molecule has 0 saturated carbocycles. The molecule has 3 aromatic rings. The van der Waals surface area contributed by atoms with Crippen LogP contribution in [0.15, 0.2) is 68.8 Å². The number of carbonyl (C=O) groups excluding carboxylic acids is 1. The van der Waals surface area contributed by atoms with Crippen LogP contribution in [-0.2, 0) is 9.53 Å². The fourth-order valence-electron chi connectivity index (χ4n) is 2.44. The SMILES string of the molecule is O=C1C=CC(=Nc2ccc3c(c2)oc(=O)c2ccccc23)O1. The summed E-state index contributed by atoms with van der Waals surface area (Å²) in [6, 6.07) is 12.5. The van der Waals surface area contributed by atoms with Gasteiger partial charge in [0.25, 0.3) is 0 Å². The molecule has 4 rings (SSSR count). The van der Waals surface area contributed by atoms with Gasteiger partial charge in [0.05, 0.1) is 11.1 Å². The number of esters is 1. The van der Waals surface area contributed by atoms with Crippen LogP contribution in [0.2, 0.25) is 0 Å². The monoisotopic (exact) mass is 291 g/mol. The average molecular weight is 291 g/mol. The summed E-state index contributed by atoms with van der Waals surface area (Å²) in [4.78, 5) is 27.2. The highest BCUT2D eigenvalue weighted by molar-refractivity contribution is 6.09. The van der Waals surface area contributed by atoms with Crippen molar-refractivity contribution < 1.29 is 13.9 Å². The van der Waals surface area contributed by atoms with Crippen molar-refractivity contribution in [2.45, 2.75) is 0 Å². The fourth-order valence-corrected chi connectivity index (χ4v) is 2.44. The summed E-state index contributed by atoms with van der Waals surface area (Å²) in [7, 11) is 0. The van der Waals surface area contributed by atoms with Gasteiger partial charge in [-0.25, -0.2) is 14.6 Å². The van der Waals surface area contributed by atoms with Gasteiger partial charge in [-0.05, 0) is 23.6 Å². The third kappa shape index (κ3) is 2.00. The molecule has 0 radical (unpaired) electrons. The van der Waals surface area contributed by atoms with Gasteiger partial charge in [-0.15, -0.1) is 0 Å².